The van der Waals surface area contributed by atoms with E-state index in [4.69, 9.17) is 0 Å². The van der Waals surface area contributed by atoms with Crippen LogP contribution in [0.25, 0.3) is 11.1 Å². The predicted octanol–water partition coefficient (Wildman–Crippen LogP) is 3.83. The van der Waals surface area contributed by atoms with Gasteiger partial charge in [-0.05, 0) is 41.6 Å². The van der Waals surface area contributed by atoms with Crippen molar-refractivity contribution in [2.75, 3.05) is 13.1 Å². The number of fused-ring (bicyclic) bond motifs is 3. The number of hydrogen-bond acceptors (Lipinski definition) is 3. The van der Waals surface area contributed by atoms with Crippen LogP contribution in [0, 0.1) is 0 Å². The van der Waals surface area contributed by atoms with Gasteiger partial charge in [0.05, 0.1) is 0 Å². The van der Waals surface area contributed by atoms with E-state index in [9.17, 15) is 0 Å². The summed E-state index contributed by atoms with van der Waals surface area (Å²) < 4.78 is 2.32. The van der Waals surface area contributed by atoms with Gasteiger partial charge in [0.1, 0.15) is 5.84 Å². The summed E-state index contributed by atoms with van der Waals surface area (Å²) in [5, 5.41) is 0. The molecule has 0 spiro atoms. The second-order valence-electron chi connectivity index (χ2n) is 4.83. The number of hydrogen-bond donors (Lipinski definition) is 0. The Kier molecular flexibility index (Phi) is 2.59. The molecule has 3 heteroatoms. The van der Waals surface area contributed by atoms with E-state index < -0.39 is 0 Å². The van der Waals surface area contributed by atoms with Gasteiger partial charge >= 0.3 is 0 Å². The summed E-state index contributed by atoms with van der Waals surface area (Å²) in [5.41, 5.74) is 3.84. The van der Waals surface area contributed by atoms with Gasteiger partial charge in [0, 0.05) is 23.5 Å². The van der Waals surface area contributed by atoms with Gasteiger partial charge in [-0.2, -0.15) is 0 Å². The molecule has 0 unspecified atom stereocenters. The zero-order valence-electron chi connectivity index (χ0n) is 10.5. The van der Waals surface area contributed by atoms with Crippen molar-refractivity contribution in [3.8, 4) is 11.1 Å². The lowest BCUT2D eigenvalue weighted by molar-refractivity contribution is 0.603. The van der Waals surface area contributed by atoms with Crippen molar-refractivity contribution in [1.29, 1.82) is 0 Å². The molecule has 0 N–H and O–H groups in total. The maximum absolute atomic E-state index is 4.69. The third kappa shape index (κ3) is 1.85. The van der Waals surface area contributed by atoms with Crippen LogP contribution in [0.2, 0.25) is 0 Å². The molecule has 2 nitrogen and oxygen atoms in total. The minimum Gasteiger partial charge on any atom is -0.296 e. The smallest absolute Gasteiger partial charge is 0.142 e. The number of nitrogens with zero attached hydrogens (tertiary/aromatic N) is 2. The molecular weight excluding hydrogens is 252 g/mol. The van der Waals surface area contributed by atoms with Crippen molar-refractivity contribution < 1.29 is 0 Å². The molecule has 2 aliphatic heterocycles. The van der Waals surface area contributed by atoms with Crippen LogP contribution in [0.1, 0.15) is 12.0 Å². The first-order valence-electron chi connectivity index (χ1n) is 6.62. The number of aliphatic imine (C=N–C) groups is 1. The van der Waals surface area contributed by atoms with Gasteiger partial charge in [-0.15, -0.1) is 0 Å². The Balaban J connectivity index is 1.81. The van der Waals surface area contributed by atoms with Crippen molar-refractivity contribution in [2.45, 2.75) is 11.3 Å². The topological polar surface area (TPSA) is 15.6 Å². The summed E-state index contributed by atoms with van der Waals surface area (Å²) in [6.45, 7) is 2.07. The van der Waals surface area contributed by atoms with Crippen LogP contribution >= 0.6 is 11.9 Å². The molecular formula is C16H14N2S. The third-order valence-corrected chi connectivity index (χ3v) is 4.68. The average molecular weight is 266 g/mol. The normalized spacial score (nSPS) is 16.8. The van der Waals surface area contributed by atoms with Gasteiger partial charge in [0.15, 0.2) is 0 Å². The Morgan fingerprint density at radius 1 is 1.00 bits per heavy atom. The first-order valence-corrected chi connectivity index (χ1v) is 7.39. The largest absolute Gasteiger partial charge is 0.296 e. The fraction of sp³-hybridized carbons (Fsp3) is 0.188. The van der Waals surface area contributed by atoms with Crippen molar-refractivity contribution >= 4 is 17.8 Å². The third-order valence-electron chi connectivity index (χ3n) is 3.55. The van der Waals surface area contributed by atoms with Gasteiger partial charge in [-0.3, -0.25) is 9.30 Å². The number of benzene rings is 2. The van der Waals surface area contributed by atoms with E-state index in [-0.39, 0.29) is 0 Å². The summed E-state index contributed by atoms with van der Waals surface area (Å²) >= 11 is 1.83. The molecule has 0 aliphatic carbocycles. The Morgan fingerprint density at radius 2 is 1.89 bits per heavy atom. The monoisotopic (exact) mass is 266 g/mol. The van der Waals surface area contributed by atoms with Crippen LogP contribution in [-0.4, -0.2) is 23.2 Å². The lowest BCUT2D eigenvalue weighted by Gasteiger charge is -2.20. The second-order valence-corrected chi connectivity index (χ2v) is 5.89. The highest BCUT2D eigenvalue weighted by Crippen LogP contribution is 2.39. The molecule has 0 radical (unpaired) electrons. The summed E-state index contributed by atoms with van der Waals surface area (Å²) in [6.07, 6.45) is 1.16. The molecule has 0 bridgehead atoms. The van der Waals surface area contributed by atoms with Crippen LogP contribution in [0.5, 0.6) is 0 Å². The van der Waals surface area contributed by atoms with E-state index in [0.29, 0.717) is 0 Å². The minimum atomic E-state index is 0.960. The van der Waals surface area contributed by atoms with Crippen molar-refractivity contribution in [3.63, 3.8) is 0 Å². The van der Waals surface area contributed by atoms with E-state index in [1.165, 1.54) is 27.4 Å². The van der Waals surface area contributed by atoms with Gasteiger partial charge in [0.25, 0.3) is 0 Å². The van der Waals surface area contributed by atoms with Crippen molar-refractivity contribution in [2.24, 2.45) is 4.99 Å². The first kappa shape index (κ1) is 11.1. The molecule has 0 aromatic heterocycles. The standard InChI is InChI=1S/C16H14N2S/c1-2-5-12(6-3-1)13-7-8-15-14(11-13)16-17-9-4-10-18(16)19-15/h1-3,5-8,11H,4,9-10H2. The van der Waals surface area contributed by atoms with Crippen molar-refractivity contribution in [1.82, 2.24) is 4.31 Å². The maximum atomic E-state index is 4.69. The predicted molar refractivity (Wildman–Crippen MR) is 80.5 cm³/mol. The highest BCUT2D eigenvalue weighted by Gasteiger charge is 2.28. The summed E-state index contributed by atoms with van der Waals surface area (Å²) in [4.78, 5) is 6.02. The molecule has 2 heterocycles. The fourth-order valence-electron chi connectivity index (χ4n) is 2.61. The van der Waals surface area contributed by atoms with Gasteiger partial charge < -0.3 is 0 Å². The van der Waals surface area contributed by atoms with Crippen LogP contribution < -0.4 is 0 Å². The first-order chi connectivity index (χ1) is 9.42. The fourth-order valence-corrected chi connectivity index (χ4v) is 3.68. The lowest BCUT2D eigenvalue weighted by Crippen LogP contribution is -2.26. The minimum absolute atomic E-state index is 0.960. The molecule has 2 aliphatic rings. The lowest BCUT2D eigenvalue weighted by atomic mass is 10.0. The molecule has 0 fully saturated rings. The molecule has 4 rings (SSSR count). The second kappa shape index (κ2) is 4.42. The Hall–Kier alpha value is -1.74. The number of amidine groups is 1. The zero-order chi connectivity index (χ0) is 12.7. The van der Waals surface area contributed by atoms with Crippen molar-refractivity contribution in [3.05, 3.63) is 54.1 Å². The summed E-state index contributed by atoms with van der Waals surface area (Å²) in [5.74, 6) is 1.17. The van der Waals surface area contributed by atoms with E-state index in [1.807, 2.05) is 11.9 Å². The molecule has 0 saturated carbocycles. The van der Waals surface area contributed by atoms with E-state index in [0.717, 1.165) is 19.5 Å². The molecule has 0 saturated heterocycles. The number of rotatable bonds is 1. The molecule has 2 aromatic carbocycles. The van der Waals surface area contributed by atoms with Crippen LogP contribution in [0.15, 0.2) is 58.4 Å². The summed E-state index contributed by atoms with van der Waals surface area (Å²) in [6, 6.07) is 17.3. The van der Waals surface area contributed by atoms with Crippen LogP contribution in [0.3, 0.4) is 0 Å². The van der Waals surface area contributed by atoms with E-state index in [2.05, 4.69) is 57.8 Å². The summed E-state index contributed by atoms with van der Waals surface area (Å²) in [7, 11) is 0. The molecule has 0 atom stereocenters. The van der Waals surface area contributed by atoms with Gasteiger partial charge in [-0.25, -0.2) is 0 Å². The quantitative estimate of drug-likeness (QED) is 0.729. The Morgan fingerprint density at radius 3 is 2.79 bits per heavy atom. The molecule has 0 amide bonds. The maximum Gasteiger partial charge on any atom is 0.142 e. The van der Waals surface area contributed by atoms with E-state index >= 15 is 0 Å². The molecule has 94 valence electrons. The van der Waals surface area contributed by atoms with E-state index in [1.54, 1.807) is 0 Å². The SMILES string of the molecule is c1ccc(-c2ccc3c(c2)C2=NCCCN2S3)cc1. The van der Waals surface area contributed by atoms with Crippen LogP contribution in [-0.2, 0) is 0 Å². The highest BCUT2D eigenvalue weighted by atomic mass is 32.2. The Bertz CT molecular complexity index is 649. The average Bonchev–Trinajstić information content (AvgIpc) is 2.86. The van der Waals surface area contributed by atoms with Gasteiger partial charge in [0.2, 0.25) is 0 Å². The highest BCUT2D eigenvalue weighted by molar-refractivity contribution is 7.98. The molecule has 2 aromatic rings. The van der Waals surface area contributed by atoms with Gasteiger partial charge in [-0.1, -0.05) is 36.4 Å². The molecule has 19 heavy (non-hydrogen) atoms. The van der Waals surface area contributed by atoms with Crippen LogP contribution in [0.4, 0.5) is 0 Å². The zero-order valence-corrected chi connectivity index (χ0v) is 11.4. The Labute approximate surface area is 117 Å².